The SMILES string of the molecule is C[C@@]1(Cc2ccc(Br)cc2)C(=O)N(c2cc(Cl)cc(Cl)c2)c2ncc(S(C)(=O)=O)n21. The van der Waals surface area contributed by atoms with Crippen LogP contribution in [0.1, 0.15) is 12.5 Å². The van der Waals surface area contributed by atoms with Gasteiger partial charge in [-0.15, -0.1) is 0 Å². The van der Waals surface area contributed by atoms with Crippen LogP contribution in [0.25, 0.3) is 0 Å². The summed E-state index contributed by atoms with van der Waals surface area (Å²) in [4.78, 5) is 19.3. The second-order valence-corrected chi connectivity index (χ2v) is 11.1. The second-order valence-electron chi connectivity index (χ2n) is 7.35. The third kappa shape index (κ3) is 3.56. The molecule has 3 aromatic rings. The van der Waals surface area contributed by atoms with E-state index in [-0.39, 0.29) is 23.3 Å². The predicted molar refractivity (Wildman–Crippen MR) is 120 cm³/mol. The van der Waals surface area contributed by atoms with E-state index in [9.17, 15) is 13.2 Å². The Morgan fingerprint density at radius 2 is 1.70 bits per heavy atom. The lowest BCUT2D eigenvalue weighted by Crippen LogP contribution is -2.41. The Morgan fingerprint density at radius 1 is 1.10 bits per heavy atom. The van der Waals surface area contributed by atoms with Crippen molar-refractivity contribution in [2.45, 2.75) is 23.9 Å². The minimum atomic E-state index is -3.64. The van der Waals surface area contributed by atoms with Crippen molar-refractivity contribution in [3.05, 3.63) is 68.7 Å². The number of benzene rings is 2. The van der Waals surface area contributed by atoms with Gasteiger partial charge >= 0.3 is 0 Å². The molecule has 6 nitrogen and oxygen atoms in total. The molecule has 1 aromatic heterocycles. The maximum absolute atomic E-state index is 13.7. The van der Waals surface area contributed by atoms with Crippen LogP contribution in [-0.2, 0) is 26.6 Å². The fourth-order valence-electron chi connectivity index (χ4n) is 3.69. The van der Waals surface area contributed by atoms with E-state index in [2.05, 4.69) is 20.9 Å². The first kappa shape index (κ1) is 21.4. The molecule has 2 aromatic carbocycles. The third-order valence-corrected chi connectivity index (χ3v) is 7.03. The molecule has 0 saturated carbocycles. The van der Waals surface area contributed by atoms with Gasteiger partial charge in [-0.1, -0.05) is 51.3 Å². The molecule has 0 N–H and O–H groups in total. The van der Waals surface area contributed by atoms with Crippen LogP contribution in [0.15, 0.2) is 58.2 Å². The van der Waals surface area contributed by atoms with Gasteiger partial charge in [0.15, 0.2) is 14.9 Å². The van der Waals surface area contributed by atoms with Crippen LogP contribution in [-0.4, -0.2) is 30.1 Å². The Labute approximate surface area is 192 Å². The van der Waals surface area contributed by atoms with E-state index in [1.165, 1.54) is 15.7 Å². The zero-order valence-electron chi connectivity index (χ0n) is 15.9. The van der Waals surface area contributed by atoms with Gasteiger partial charge in [-0.3, -0.25) is 9.36 Å². The van der Waals surface area contributed by atoms with Gasteiger partial charge in [-0.25, -0.2) is 18.3 Å². The van der Waals surface area contributed by atoms with Crippen molar-refractivity contribution in [2.24, 2.45) is 0 Å². The summed E-state index contributed by atoms with van der Waals surface area (Å²) < 4.78 is 27.3. The molecule has 4 rings (SSSR count). The second kappa shape index (κ2) is 7.37. The molecule has 0 saturated heterocycles. The highest BCUT2D eigenvalue weighted by atomic mass is 79.9. The molecule has 0 aliphatic carbocycles. The van der Waals surface area contributed by atoms with E-state index in [1.54, 1.807) is 25.1 Å². The van der Waals surface area contributed by atoms with Crippen LogP contribution in [0.3, 0.4) is 0 Å². The van der Waals surface area contributed by atoms with Gasteiger partial charge < -0.3 is 0 Å². The highest BCUT2D eigenvalue weighted by Crippen LogP contribution is 2.44. The number of sulfone groups is 1. The molecule has 0 radical (unpaired) electrons. The Bertz CT molecular complexity index is 1250. The summed E-state index contributed by atoms with van der Waals surface area (Å²) in [6.45, 7) is 1.71. The van der Waals surface area contributed by atoms with Crippen LogP contribution < -0.4 is 4.90 Å². The number of rotatable bonds is 4. The summed E-state index contributed by atoms with van der Waals surface area (Å²) in [5.74, 6) is -0.116. The molecule has 1 atom stereocenters. The van der Waals surface area contributed by atoms with Crippen molar-refractivity contribution in [2.75, 3.05) is 11.2 Å². The molecule has 1 aliphatic rings. The van der Waals surface area contributed by atoms with Crippen LogP contribution in [0, 0.1) is 0 Å². The van der Waals surface area contributed by atoms with Gasteiger partial charge in [0, 0.05) is 27.2 Å². The van der Waals surface area contributed by atoms with Gasteiger partial charge in [0.2, 0.25) is 5.95 Å². The number of anilines is 2. The number of imidazole rings is 1. The minimum Gasteiger partial charge on any atom is -0.285 e. The van der Waals surface area contributed by atoms with Gasteiger partial charge in [0.25, 0.3) is 5.91 Å². The normalized spacial score (nSPS) is 18.7. The van der Waals surface area contributed by atoms with Gasteiger partial charge in [-0.2, -0.15) is 0 Å². The fourth-order valence-corrected chi connectivity index (χ4v) is 5.33. The number of nitrogens with zero attached hydrogens (tertiary/aromatic N) is 3. The van der Waals surface area contributed by atoms with Crippen LogP contribution in [0.4, 0.5) is 11.6 Å². The highest BCUT2D eigenvalue weighted by Gasteiger charge is 2.51. The number of carbonyl (C=O) groups is 1. The molecule has 1 aliphatic heterocycles. The van der Waals surface area contributed by atoms with Crippen LogP contribution in [0.2, 0.25) is 10.0 Å². The first-order chi connectivity index (χ1) is 14.0. The molecule has 2 heterocycles. The van der Waals surface area contributed by atoms with Crippen molar-refractivity contribution >= 4 is 66.5 Å². The fraction of sp³-hybridized carbons (Fsp3) is 0.200. The van der Waals surface area contributed by atoms with Crippen molar-refractivity contribution in [3.8, 4) is 0 Å². The molecule has 1 amide bonds. The summed E-state index contributed by atoms with van der Waals surface area (Å²) in [6, 6.07) is 12.3. The van der Waals surface area contributed by atoms with E-state index in [0.29, 0.717) is 15.7 Å². The summed E-state index contributed by atoms with van der Waals surface area (Å²) in [6.07, 6.45) is 2.65. The summed E-state index contributed by atoms with van der Waals surface area (Å²) in [5.41, 5.74) is 0.0791. The average Bonchev–Trinajstić information content (AvgIpc) is 3.16. The number of fused-ring (bicyclic) bond motifs is 1. The summed E-state index contributed by atoms with van der Waals surface area (Å²) in [7, 11) is -3.64. The third-order valence-electron chi connectivity index (χ3n) is 5.02. The summed E-state index contributed by atoms with van der Waals surface area (Å²) >= 11 is 15.7. The van der Waals surface area contributed by atoms with Crippen molar-refractivity contribution in [1.29, 1.82) is 0 Å². The van der Waals surface area contributed by atoms with E-state index in [0.717, 1.165) is 16.3 Å². The zero-order valence-corrected chi connectivity index (χ0v) is 19.8. The number of halogens is 3. The maximum atomic E-state index is 13.7. The number of hydrogen-bond acceptors (Lipinski definition) is 4. The predicted octanol–water partition coefficient (Wildman–Crippen LogP) is 4.99. The molecule has 10 heteroatoms. The molecule has 156 valence electrons. The smallest absolute Gasteiger partial charge is 0.260 e. The number of hydrogen-bond donors (Lipinski definition) is 0. The van der Waals surface area contributed by atoms with Crippen LogP contribution >= 0.6 is 39.1 Å². The lowest BCUT2D eigenvalue weighted by molar-refractivity contribution is -0.124. The van der Waals surface area contributed by atoms with Crippen LogP contribution in [0.5, 0.6) is 0 Å². The van der Waals surface area contributed by atoms with Crippen molar-refractivity contribution in [3.63, 3.8) is 0 Å². The van der Waals surface area contributed by atoms with Gasteiger partial charge in [0.05, 0.1) is 11.9 Å². The standard InChI is InChI=1S/C20H16BrCl2N3O3S/c1-20(10-12-3-5-13(21)6-4-12)18(27)25(16-8-14(22)7-15(23)9-16)19-24-11-17(26(19)20)30(2,28)29/h3-9,11H,10H2,1-2H3/t20-/m1/s1. The Hall–Kier alpha value is -1.87. The van der Waals surface area contributed by atoms with Gasteiger partial charge in [0.1, 0.15) is 5.54 Å². The van der Waals surface area contributed by atoms with E-state index >= 15 is 0 Å². The minimum absolute atomic E-state index is 0.0268. The number of aromatic nitrogens is 2. The van der Waals surface area contributed by atoms with E-state index < -0.39 is 15.4 Å². The van der Waals surface area contributed by atoms with Crippen molar-refractivity contribution in [1.82, 2.24) is 9.55 Å². The molecular weight excluding hydrogens is 513 g/mol. The quantitative estimate of drug-likeness (QED) is 0.478. The monoisotopic (exact) mass is 527 g/mol. The van der Waals surface area contributed by atoms with Gasteiger partial charge in [-0.05, 0) is 42.8 Å². The zero-order chi connectivity index (χ0) is 21.8. The number of carbonyl (C=O) groups excluding carboxylic acids is 1. The molecule has 0 spiro atoms. The Balaban J connectivity index is 1.93. The lowest BCUT2D eigenvalue weighted by Gasteiger charge is -2.26. The summed E-state index contributed by atoms with van der Waals surface area (Å²) in [5, 5.41) is 0.683. The van der Waals surface area contributed by atoms with Crippen molar-refractivity contribution < 1.29 is 13.2 Å². The molecule has 0 bridgehead atoms. The highest BCUT2D eigenvalue weighted by molar-refractivity contribution is 9.10. The maximum Gasteiger partial charge on any atom is 0.260 e. The molecule has 30 heavy (non-hydrogen) atoms. The average molecular weight is 529 g/mol. The van der Waals surface area contributed by atoms with E-state index in [1.807, 2.05) is 24.3 Å². The Kier molecular flexibility index (Phi) is 5.25. The topological polar surface area (TPSA) is 72.3 Å². The number of amides is 1. The molecule has 0 fully saturated rings. The van der Waals surface area contributed by atoms with E-state index in [4.69, 9.17) is 23.2 Å². The first-order valence-electron chi connectivity index (χ1n) is 8.84. The first-order valence-corrected chi connectivity index (χ1v) is 12.3. The molecule has 0 unspecified atom stereocenters. The molecular formula is C20H16BrCl2N3O3S. The lowest BCUT2D eigenvalue weighted by atomic mass is 9.92. The Morgan fingerprint density at radius 3 is 2.27 bits per heavy atom. The largest absolute Gasteiger partial charge is 0.285 e.